The van der Waals surface area contributed by atoms with Crippen LogP contribution in [0.4, 0.5) is 0 Å². The normalized spacial score (nSPS) is 27.7. The van der Waals surface area contributed by atoms with E-state index in [1.807, 2.05) is 22.9 Å². The SMILES string of the molecule is O=C(NI)C1CCC(CN2C(=O)C=CC2=O)CC1. The summed E-state index contributed by atoms with van der Waals surface area (Å²) in [5.74, 6) is 0.0700. The Balaban J connectivity index is 1.82. The maximum atomic E-state index is 11.5. The van der Waals surface area contributed by atoms with E-state index in [0.29, 0.717) is 12.5 Å². The fourth-order valence-electron chi connectivity index (χ4n) is 2.55. The Morgan fingerprint density at radius 3 is 2.28 bits per heavy atom. The summed E-state index contributed by atoms with van der Waals surface area (Å²) >= 11 is 1.86. The van der Waals surface area contributed by atoms with Crippen molar-refractivity contribution < 1.29 is 14.4 Å². The number of hydrogen-bond acceptors (Lipinski definition) is 3. The molecule has 0 spiro atoms. The zero-order chi connectivity index (χ0) is 13.1. The number of amides is 3. The van der Waals surface area contributed by atoms with E-state index >= 15 is 0 Å². The highest BCUT2D eigenvalue weighted by Crippen LogP contribution is 2.30. The number of hydrogen-bond donors (Lipinski definition) is 1. The van der Waals surface area contributed by atoms with Crippen LogP contribution in [-0.2, 0) is 14.4 Å². The average molecular weight is 362 g/mol. The van der Waals surface area contributed by atoms with Crippen LogP contribution in [0.15, 0.2) is 12.2 Å². The first-order valence-corrected chi connectivity index (χ1v) is 7.13. The van der Waals surface area contributed by atoms with E-state index in [2.05, 4.69) is 3.53 Å². The van der Waals surface area contributed by atoms with Crippen LogP contribution in [0, 0.1) is 11.8 Å². The summed E-state index contributed by atoms with van der Waals surface area (Å²) in [5.41, 5.74) is 0. The molecule has 1 saturated carbocycles. The summed E-state index contributed by atoms with van der Waals surface area (Å²) < 4.78 is 2.64. The minimum atomic E-state index is -0.216. The first-order valence-electron chi connectivity index (χ1n) is 6.06. The fourth-order valence-corrected chi connectivity index (χ4v) is 2.99. The lowest BCUT2D eigenvalue weighted by molar-refractivity contribution is -0.138. The molecule has 5 nitrogen and oxygen atoms in total. The van der Waals surface area contributed by atoms with Crippen LogP contribution >= 0.6 is 22.9 Å². The number of halogens is 1. The molecule has 0 aromatic rings. The van der Waals surface area contributed by atoms with Gasteiger partial charge in [-0.05, 0) is 31.6 Å². The largest absolute Gasteiger partial charge is 0.299 e. The van der Waals surface area contributed by atoms with Crippen LogP contribution in [0.25, 0.3) is 0 Å². The monoisotopic (exact) mass is 362 g/mol. The summed E-state index contributed by atoms with van der Waals surface area (Å²) in [7, 11) is 0. The topological polar surface area (TPSA) is 66.5 Å². The predicted molar refractivity (Wildman–Crippen MR) is 73.5 cm³/mol. The molecule has 1 N–H and O–H groups in total. The third-order valence-corrected chi connectivity index (χ3v) is 4.18. The van der Waals surface area contributed by atoms with Gasteiger partial charge in [0.15, 0.2) is 0 Å². The Labute approximate surface area is 119 Å². The molecule has 1 fully saturated rings. The van der Waals surface area contributed by atoms with Gasteiger partial charge in [0.05, 0.1) is 22.9 Å². The van der Waals surface area contributed by atoms with Gasteiger partial charge in [0.1, 0.15) is 0 Å². The molecule has 2 aliphatic rings. The summed E-state index contributed by atoms with van der Waals surface area (Å²) in [6, 6.07) is 0. The van der Waals surface area contributed by atoms with Crippen LogP contribution in [0.5, 0.6) is 0 Å². The quantitative estimate of drug-likeness (QED) is 0.466. The van der Waals surface area contributed by atoms with Crippen molar-refractivity contribution in [3.8, 4) is 0 Å². The molecule has 98 valence electrons. The number of imide groups is 1. The molecule has 0 radical (unpaired) electrons. The van der Waals surface area contributed by atoms with Crippen LogP contribution < -0.4 is 3.53 Å². The summed E-state index contributed by atoms with van der Waals surface area (Å²) in [6.07, 6.45) is 6.10. The van der Waals surface area contributed by atoms with E-state index in [1.54, 1.807) is 0 Å². The van der Waals surface area contributed by atoms with Crippen LogP contribution in [0.2, 0.25) is 0 Å². The van der Waals surface area contributed by atoms with E-state index in [1.165, 1.54) is 17.1 Å². The number of carbonyl (C=O) groups excluding carboxylic acids is 3. The Hall–Kier alpha value is -0.920. The fraction of sp³-hybridized carbons (Fsp3) is 0.583. The molecule has 0 bridgehead atoms. The first kappa shape index (κ1) is 13.5. The molecule has 2 rings (SSSR count). The van der Waals surface area contributed by atoms with Gasteiger partial charge in [0.2, 0.25) is 5.91 Å². The van der Waals surface area contributed by atoms with Gasteiger partial charge in [-0.15, -0.1) is 0 Å². The third kappa shape index (κ3) is 2.90. The lowest BCUT2D eigenvalue weighted by Gasteiger charge is -2.29. The molecule has 0 unspecified atom stereocenters. The molecule has 18 heavy (non-hydrogen) atoms. The highest BCUT2D eigenvalue weighted by atomic mass is 127. The molecule has 0 aromatic carbocycles. The zero-order valence-corrected chi connectivity index (χ0v) is 12.1. The molecule has 1 heterocycles. The Morgan fingerprint density at radius 1 is 1.22 bits per heavy atom. The van der Waals surface area contributed by atoms with Gasteiger partial charge in [0, 0.05) is 24.6 Å². The molecular weight excluding hydrogens is 347 g/mol. The van der Waals surface area contributed by atoms with Crippen LogP contribution in [-0.4, -0.2) is 29.2 Å². The number of rotatable bonds is 3. The van der Waals surface area contributed by atoms with Gasteiger partial charge in [-0.2, -0.15) is 0 Å². The van der Waals surface area contributed by atoms with E-state index in [9.17, 15) is 14.4 Å². The second kappa shape index (κ2) is 5.81. The third-order valence-electron chi connectivity index (χ3n) is 3.65. The van der Waals surface area contributed by atoms with Crippen LogP contribution in [0.3, 0.4) is 0 Å². The molecule has 0 atom stereocenters. The summed E-state index contributed by atoms with van der Waals surface area (Å²) in [6.45, 7) is 0.489. The number of carbonyl (C=O) groups is 3. The van der Waals surface area contributed by atoms with Crippen molar-refractivity contribution in [2.75, 3.05) is 6.54 Å². The second-order valence-electron chi connectivity index (χ2n) is 4.80. The molecule has 1 aliphatic carbocycles. The van der Waals surface area contributed by atoms with Gasteiger partial charge in [-0.25, -0.2) is 0 Å². The standard InChI is InChI=1S/C12H15IN2O3/c13-14-12(18)9-3-1-8(2-4-9)7-15-10(16)5-6-11(15)17/h5-6,8-9H,1-4,7H2,(H,14,18). The lowest BCUT2D eigenvalue weighted by atomic mass is 9.81. The maximum absolute atomic E-state index is 11.5. The van der Waals surface area contributed by atoms with Gasteiger partial charge >= 0.3 is 0 Å². The molecule has 1 aliphatic heterocycles. The Kier molecular flexibility index (Phi) is 4.36. The molecule has 6 heteroatoms. The van der Waals surface area contributed by atoms with Crippen molar-refractivity contribution in [1.29, 1.82) is 0 Å². The van der Waals surface area contributed by atoms with Gasteiger partial charge < -0.3 is 0 Å². The predicted octanol–water partition coefficient (Wildman–Crippen LogP) is 1.18. The summed E-state index contributed by atoms with van der Waals surface area (Å²) in [4.78, 5) is 35.6. The smallest absolute Gasteiger partial charge is 0.253 e. The zero-order valence-electron chi connectivity index (χ0n) is 9.89. The highest BCUT2D eigenvalue weighted by Gasteiger charge is 2.30. The summed E-state index contributed by atoms with van der Waals surface area (Å²) in [5, 5.41) is 0. The number of nitrogens with zero attached hydrogens (tertiary/aromatic N) is 1. The van der Waals surface area contributed by atoms with E-state index < -0.39 is 0 Å². The highest BCUT2D eigenvalue weighted by molar-refractivity contribution is 14.1. The van der Waals surface area contributed by atoms with Gasteiger partial charge in [-0.1, -0.05) is 0 Å². The minimum absolute atomic E-state index is 0.0845. The van der Waals surface area contributed by atoms with Crippen molar-refractivity contribution in [2.24, 2.45) is 11.8 Å². The van der Waals surface area contributed by atoms with E-state index in [0.717, 1.165) is 25.7 Å². The van der Waals surface area contributed by atoms with Crippen molar-refractivity contribution in [3.63, 3.8) is 0 Å². The van der Waals surface area contributed by atoms with Crippen molar-refractivity contribution in [3.05, 3.63) is 12.2 Å². The van der Waals surface area contributed by atoms with Crippen molar-refractivity contribution in [2.45, 2.75) is 25.7 Å². The molecule has 0 saturated heterocycles. The maximum Gasteiger partial charge on any atom is 0.253 e. The van der Waals surface area contributed by atoms with Crippen molar-refractivity contribution >= 4 is 40.6 Å². The van der Waals surface area contributed by atoms with Gasteiger partial charge in [0.25, 0.3) is 11.8 Å². The molecular formula is C12H15IN2O3. The minimum Gasteiger partial charge on any atom is -0.299 e. The molecule has 0 aromatic heterocycles. The number of nitrogens with one attached hydrogen (secondary N) is 1. The lowest BCUT2D eigenvalue weighted by Crippen LogP contribution is -2.37. The Morgan fingerprint density at radius 2 is 1.78 bits per heavy atom. The van der Waals surface area contributed by atoms with E-state index in [4.69, 9.17) is 0 Å². The van der Waals surface area contributed by atoms with Crippen LogP contribution in [0.1, 0.15) is 25.7 Å². The van der Waals surface area contributed by atoms with Gasteiger partial charge in [-0.3, -0.25) is 22.8 Å². The van der Waals surface area contributed by atoms with Crippen molar-refractivity contribution in [1.82, 2.24) is 8.43 Å². The van der Waals surface area contributed by atoms with E-state index in [-0.39, 0.29) is 23.6 Å². The molecule has 3 amide bonds. The Bertz CT molecular complexity index is 382. The average Bonchev–Trinajstić information content (AvgIpc) is 2.70. The second-order valence-corrected chi connectivity index (χ2v) is 5.34. The first-order chi connectivity index (χ1) is 8.61.